The van der Waals surface area contributed by atoms with Crippen molar-refractivity contribution in [3.05, 3.63) is 34.4 Å². The van der Waals surface area contributed by atoms with Crippen molar-refractivity contribution in [2.45, 2.75) is 132 Å². The van der Waals surface area contributed by atoms with Crippen LogP contribution in [0.2, 0.25) is 0 Å². The molecule has 0 heteroatoms. The van der Waals surface area contributed by atoms with Crippen LogP contribution in [0.1, 0.15) is 134 Å². The van der Waals surface area contributed by atoms with Crippen molar-refractivity contribution in [3.8, 4) is 0 Å². The van der Waals surface area contributed by atoms with Gasteiger partial charge in [0.15, 0.2) is 0 Å². The Bertz CT molecular complexity index is 1000. The van der Waals surface area contributed by atoms with Gasteiger partial charge in [-0.15, -0.1) is 0 Å². The summed E-state index contributed by atoms with van der Waals surface area (Å²) in [7, 11) is 0. The lowest BCUT2D eigenvalue weighted by Crippen LogP contribution is -2.65. The number of hydrogen-bond acceptors (Lipinski definition) is 0. The fourth-order valence-corrected chi connectivity index (χ4v) is 12.5. The third-order valence-electron chi connectivity index (χ3n) is 14.1. The van der Waals surface area contributed by atoms with E-state index >= 15 is 0 Å². The summed E-state index contributed by atoms with van der Waals surface area (Å²) in [6.45, 7) is 21.1. The molecule has 0 heterocycles. The monoisotopic (exact) mass is 460 g/mol. The van der Waals surface area contributed by atoms with Gasteiger partial charge in [0.05, 0.1) is 0 Å². The summed E-state index contributed by atoms with van der Waals surface area (Å²) in [5.41, 5.74) is 9.37. The summed E-state index contributed by atoms with van der Waals surface area (Å²) in [6.07, 6.45) is 15.8. The van der Waals surface area contributed by atoms with Crippen LogP contribution >= 0.6 is 0 Å². The van der Waals surface area contributed by atoms with Crippen LogP contribution in [-0.2, 0) is 12.8 Å². The van der Waals surface area contributed by atoms with Crippen LogP contribution in [0.3, 0.4) is 0 Å². The predicted molar refractivity (Wildman–Crippen MR) is 145 cm³/mol. The van der Waals surface area contributed by atoms with E-state index in [0.29, 0.717) is 27.1 Å². The molecule has 6 rings (SSSR count). The average Bonchev–Trinajstić information content (AvgIpc) is 3.07. The maximum atomic E-state index is 2.81. The molecule has 8 atom stereocenters. The Labute approximate surface area is 211 Å². The smallest absolute Gasteiger partial charge is 0.00963 e. The summed E-state index contributed by atoms with van der Waals surface area (Å²) >= 11 is 0. The van der Waals surface area contributed by atoms with E-state index in [2.05, 4.69) is 67.5 Å². The first-order valence-electron chi connectivity index (χ1n) is 15.0. The molecule has 0 nitrogen and oxygen atoms in total. The van der Waals surface area contributed by atoms with Crippen molar-refractivity contribution in [2.24, 2.45) is 44.8 Å². The molecule has 5 aliphatic rings. The van der Waals surface area contributed by atoms with Gasteiger partial charge >= 0.3 is 0 Å². The molecule has 0 aliphatic heterocycles. The highest BCUT2D eigenvalue weighted by Gasteiger charge is 2.70. The Morgan fingerprint density at radius 2 is 1.38 bits per heavy atom. The van der Waals surface area contributed by atoms with Crippen molar-refractivity contribution < 1.29 is 0 Å². The summed E-state index contributed by atoms with van der Waals surface area (Å²) in [6, 6.07) is 4.90. The molecule has 0 unspecified atom stereocenters. The molecule has 0 aromatic heterocycles. The minimum absolute atomic E-state index is 0.461. The zero-order valence-corrected chi connectivity index (χ0v) is 23.7. The fraction of sp³-hybridized carbons (Fsp3) is 0.824. The molecule has 34 heavy (non-hydrogen) atoms. The third kappa shape index (κ3) is 2.68. The van der Waals surface area contributed by atoms with Gasteiger partial charge in [-0.05, 0) is 144 Å². The molecule has 188 valence electrons. The Morgan fingerprint density at radius 1 is 0.735 bits per heavy atom. The number of fused-ring (bicyclic) bond motifs is 9. The van der Waals surface area contributed by atoms with Gasteiger partial charge in [0.25, 0.3) is 0 Å². The number of hydrogen-bond donors (Lipinski definition) is 0. The van der Waals surface area contributed by atoms with Gasteiger partial charge in [-0.2, -0.15) is 0 Å². The van der Waals surface area contributed by atoms with Gasteiger partial charge in [0.1, 0.15) is 0 Å². The quantitative estimate of drug-likeness (QED) is 0.391. The van der Waals surface area contributed by atoms with Crippen LogP contribution in [0.5, 0.6) is 0 Å². The van der Waals surface area contributed by atoms with Crippen molar-refractivity contribution in [1.82, 2.24) is 0 Å². The third-order valence-corrected chi connectivity index (χ3v) is 14.1. The lowest BCUT2D eigenvalue weighted by molar-refractivity contribution is -0.235. The predicted octanol–water partition coefficient (Wildman–Crippen LogP) is 9.66. The summed E-state index contributed by atoms with van der Waals surface area (Å²) in [4.78, 5) is 0. The number of aryl methyl sites for hydroxylation is 2. The highest BCUT2D eigenvalue weighted by atomic mass is 14.7. The molecular formula is C34H52. The molecule has 0 radical (unpaired) electrons. The Hall–Kier alpha value is -0.780. The molecule has 5 aliphatic carbocycles. The van der Waals surface area contributed by atoms with Gasteiger partial charge in [-0.25, -0.2) is 0 Å². The van der Waals surface area contributed by atoms with Gasteiger partial charge in [-0.1, -0.05) is 67.0 Å². The lowest BCUT2D eigenvalue weighted by atomic mass is 9.32. The normalized spacial score (nSPS) is 48.8. The van der Waals surface area contributed by atoms with E-state index in [1.165, 1.54) is 70.6 Å². The van der Waals surface area contributed by atoms with E-state index in [-0.39, 0.29) is 0 Å². The number of rotatable bonds is 1. The molecule has 0 N–H and O–H groups in total. The van der Waals surface area contributed by atoms with Crippen LogP contribution in [0.15, 0.2) is 12.1 Å². The molecule has 0 saturated heterocycles. The van der Waals surface area contributed by atoms with Crippen molar-refractivity contribution in [3.63, 3.8) is 0 Å². The average molecular weight is 461 g/mol. The van der Waals surface area contributed by atoms with E-state index in [0.717, 1.165) is 23.7 Å². The Morgan fingerprint density at radius 3 is 2.06 bits per heavy atom. The van der Waals surface area contributed by atoms with Gasteiger partial charge < -0.3 is 0 Å². The maximum Gasteiger partial charge on any atom is -0.00963 e. The van der Waals surface area contributed by atoms with Crippen molar-refractivity contribution in [2.75, 3.05) is 0 Å². The molecule has 1 aromatic carbocycles. The van der Waals surface area contributed by atoms with E-state index in [9.17, 15) is 0 Å². The SMILES string of the molecule is CCc1ccc(C)c2c1C[C@]1(C)[C@H]3CC[C@@H]4[C@@]5(C)CCCC(C)(C)[C@@H]5CC[C@@]4(C)[C@]3(C)CC[C@@H]21. The van der Waals surface area contributed by atoms with E-state index in [1.54, 1.807) is 22.3 Å². The molecule has 0 amide bonds. The molecule has 0 spiro atoms. The zero-order valence-electron chi connectivity index (χ0n) is 23.7. The lowest BCUT2D eigenvalue weighted by Gasteiger charge is -2.73. The first-order valence-corrected chi connectivity index (χ1v) is 15.0. The first-order chi connectivity index (χ1) is 15.9. The summed E-state index contributed by atoms with van der Waals surface area (Å²) in [5, 5.41) is 0. The molecular weight excluding hydrogens is 408 g/mol. The van der Waals surface area contributed by atoms with Gasteiger partial charge in [-0.3, -0.25) is 0 Å². The fourth-order valence-electron chi connectivity index (χ4n) is 12.5. The minimum Gasteiger partial charge on any atom is -0.0613 e. The minimum atomic E-state index is 0.461. The van der Waals surface area contributed by atoms with Gasteiger partial charge in [0.2, 0.25) is 0 Å². The Balaban J connectivity index is 1.41. The van der Waals surface area contributed by atoms with Crippen LogP contribution in [0.4, 0.5) is 0 Å². The van der Waals surface area contributed by atoms with E-state index in [4.69, 9.17) is 0 Å². The maximum absolute atomic E-state index is 2.81. The van der Waals surface area contributed by atoms with Crippen molar-refractivity contribution >= 4 is 0 Å². The van der Waals surface area contributed by atoms with Crippen LogP contribution in [0.25, 0.3) is 0 Å². The summed E-state index contributed by atoms with van der Waals surface area (Å²) < 4.78 is 0. The van der Waals surface area contributed by atoms with E-state index in [1.807, 2.05) is 0 Å². The molecule has 1 aromatic rings. The zero-order chi connectivity index (χ0) is 24.3. The van der Waals surface area contributed by atoms with Crippen LogP contribution in [0, 0.1) is 51.8 Å². The summed E-state index contributed by atoms with van der Waals surface area (Å²) in [5.74, 6) is 3.54. The highest BCUT2D eigenvalue weighted by Crippen LogP contribution is 2.78. The number of benzene rings is 1. The molecule has 4 saturated carbocycles. The van der Waals surface area contributed by atoms with Crippen LogP contribution < -0.4 is 0 Å². The Kier molecular flexibility index (Phi) is 4.97. The second-order valence-corrected chi connectivity index (χ2v) is 15.5. The first kappa shape index (κ1) is 23.6. The largest absolute Gasteiger partial charge is 0.0613 e. The van der Waals surface area contributed by atoms with E-state index < -0.39 is 0 Å². The van der Waals surface area contributed by atoms with Crippen LogP contribution in [-0.4, -0.2) is 0 Å². The molecule has 4 fully saturated rings. The topological polar surface area (TPSA) is 0 Å². The standard InChI is InChI=1S/C34H52/c1-9-23-12-11-22(2)29-24(23)21-32(6)25(29)15-19-33(7)28(32)14-13-27-31(5)18-10-17-30(3,4)26(31)16-20-34(27,33)8/h11-12,25-28H,9-10,13-21H2,1-8H3/t25-,26-,27+,28+,31-,32-,33+,34+/m0/s1. The van der Waals surface area contributed by atoms with Crippen molar-refractivity contribution in [1.29, 1.82) is 0 Å². The van der Waals surface area contributed by atoms with Gasteiger partial charge in [0, 0.05) is 0 Å². The molecule has 0 bridgehead atoms. The second-order valence-electron chi connectivity index (χ2n) is 15.5. The second kappa shape index (κ2) is 7.16. The highest BCUT2D eigenvalue weighted by molar-refractivity contribution is 5.49.